The third-order valence-electron chi connectivity index (χ3n) is 6.71. The fourth-order valence-electron chi connectivity index (χ4n) is 4.80. The molecule has 172 valence electrons. The summed E-state index contributed by atoms with van der Waals surface area (Å²) in [5, 5.41) is 3.05. The molecule has 1 N–H and O–H groups in total. The second-order valence-corrected chi connectivity index (χ2v) is 9.08. The molecule has 0 saturated carbocycles. The van der Waals surface area contributed by atoms with Crippen molar-refractivity contribution in [2.75, 3.05) is 44.8 Å². The first-order chi connectivity index (χ1) is 15.5. The minimum absolute atomic E-state index is 0.0831. The van der Waals surface area contributed by atoms with E-state index in [1.807, 2.05) is 24.3 Å². The molecule has 0 aromatic heterocycles. The van der Waals surface area contributed by atoms with Crippen molar-refractivity contribution in [3.63, 3.8) is 0 Å². The Morgan fingerprint density at radius 1 is 1.16 bits per heavy atom. The fourth-order valence-corrected chi connectivity index (χ4v) is 4.80. The Morgan fingerprint density at radius 3 is 2.56 bits per heavy atom. The number of carbonyl (C=O) groups is 1. The molecule has 4 rings (SSSR count). The quantitative estimate of drug-likeness (QED) is 0.682. The van der Waals surface area contributed by atoms with E-state index in [2.05, 4.69) is 17.1 Å². The summed E-state index contributed by atoms with van der Waals surface area (Å²) in [4.78, 5) is 15.8. The molecule has 0 aliphatic carbocycles. The van der Waals surface area contributed by atoms with Crippen LogP contribution in [0.5, 0.6) is 5.75 Å². The maximum atomic E-state index is 13.4. The highest BCUT2D eigenvalue weighted by atomic mass is 19.1. The van der Waals surface area contributed by atoms with Gasteiger partial charge in [0.2, 0.25) is 5.91 Å². The van der Waals surface area contributed by atoms with E-state index in [4.69, 9.17) is 9.47 Å². The topological polar surface area (TPSA) is 50.8 Å². The van der Waals surface area contributed by atoms with Gasteiger partial charge in [0.25, 0.3) is 0 Å². The number of rotatable bonds is 7. The Bertz CT molecular complexity index is 879. The van der Waals surface area contributed by atoms with Crippen molar-refractivity contribution in [3.05, 3.63) is 59.9 Å². The first kappa shape index (κ1) is 22.7. The lowest BCUT2D eigenvalue weighted by atomic mass is 9.73. The lowest BCUT2D eigenvalue weighted by Crippen LogP contribution is -2.44. The number of anilines is 1. The second kappa shape index (κ2) is 10.5. The normalized spacial score (nSPS) is 21.1. The Kier molecular flexibility index (Phi) is 7.43. The van der Waals surface area contributed by atoms with Crippen LogP contribution in [0.25, 0.3) is 0 Å². The van der Waals surface area contributed by atoms with Gasteiger partial charge in [0.15, 0.2) is 0 Å². The van der Waals surface area contributed by atoms with Gasteiger partial charge in [0.05, 0.1) is 5.41 Å². The first-order valence-electron chi connectivity index (χ1n) is 11.7. The van der Waals surface area contributed by atoms with Gasteiger partial charge >= 0.3 is 0 Å². The molecular formula is C26H33FN2O3. The van der Waals surface area contributed by atoms with E-state index in [0.29, 0.717) is 32.7 Å². The standard InChI is InChI=1S/C26H33FN2O3/c1-20-3-2-14-29(19-20)15-18-32-24-10-8-23(9-11-24)28-25(30)26(12-16-31-17-13-26)21-4-6-22(27)7-5-21/h4-11,20H,2-3,12-19H2,1H3,(H,28,30)/t20-/m0/s1. The molecule has 1 amide bonds. The molecule has 0 radical (unpaired) electrons. The molecule has 2 fully saturated rings. The highest BCUT2D eigenvalue weighted by Crippen LogP contribution is 2.36. The zero-order valence-corrected chi connectivity index (χ0v) is 18.8. The largest absolute Gasteiger partial charge is 0.492 e. The smallest absolute Gasteiger partial charge is 0.235 e. The van der Waals surface area contributed by atoms with E-state index in [1.54, 1.807) is 12.1 Å². The molecule has 2 aromatic rings. The van der Waals surface area contributed by atoms with Crippen molar-refractivity contribution < 1.29 is 18.7 Å². The average Bonchev–Trinajstić information content (AvgIpc) is 2.81. The van der Waals surface area contributed by atoms with Crippen LogP contribution in [0, 0.1) is 11.7 Å². The van der Waals surface area contributed by atoms with Crippen LogP contribution in [0.4, 0.5) is 10.1 Å². The summed E-state index contributed by atoms with van der Waals surface area (Å²) in [6, 6.07) is 13.8. The van der Waals surface area contributed by atoms with Gasteiger partial charge in [-0.3, -0.25) is 9.69 Å². The van der Waals surface area contributed by atoms with Crippen molar-refractivity contribution in [2.24, 2.45) is 5.92 Å². The van der Waals surface area contributed by atoms with Crippen molar-refractivity contribution >= 4 is 11.6 Å². The van der Waals surface area contributed by atoms with Crippen LogP contribution < -0.4 is 10.1 Å². The maximum absolute atomic E-state index is 13.4. The number of hydrogen-bond acceptors (Lipinski definition) is 4. The van der Waals surface area contributed by atoms with Gasteiger partial charge in [-0.2, -0.15) is 0 Å². The summed E-state index contributed by atoms with van der Waals surface area (Å²) in [6.07, 6.45) is 3.72. The van der Waals surface area contributed by atoms with Gasteiger partial charge in [-0.15, -0.1) is 0 Å². The van der Waals surface area contributed by atoms with Gasteiger partial charge in [-0.25, -0.2) is 4.39 Å². The summed E-state index contributed by atoms with van der Waals surface area (Å²) in [7, 11) is 0. The number of ether oxygens (including phenoxy) is 2. The van der Waals surface area contributed by atoms with E-state index in [1.165, 1.54) is 25.0 Å². The molecule has 5 nitrogen and oxygen atoms in total. The highest BCUT2D eigenvalue weighted by molar-refractivity contribution is 5.99. The monoisotopic (exact) mass is 440 g/mol. The zero-order chi connectivity index (χ0) is 22.4. The third-order valence-corrected chi connectivity index (χ3v) is 6.71. The van der Waals surface area contributed by atoms with Crippen LogP contribution in [0.1, 0.15) is 38.2 Å². The predicted molar refractivity (Wildman–Crippen MR) is 124 cm³/mol. The molecule has 2 aliphatic rings. The lowest BCUT2D eigenvalue weighted by molar-refractivity contribution is -0.125. The van der Waals surface area contributed by atoms with Crippen LogP contribution in [0.2, 0.25) is 0 Å². The number of carbonyl (C=O) groups excluding carboxylic acids is 1. The number of benzene rings is 2. The Hall–Kier alpha value is -2.44. The molecule has 0 spiro atoms. The summed E-state index contributed by atoms with van der Waals surface area (Å²) in [5.74, 6) is 1.18. The van der Waals surface area contributed by atoms with E-state index in [9.17, 15) is 9.18 Å². The molecule has 0 bridgehead atoms. The first-order valence-corrected chi connectivity index (χ1v) is 11.7. The van der Waals surface area contributed by atoms with Crippen LogP contribution in [0.15, 0.2) is 48.5 Å². The number of hydrogen-bond donors (Lipinski definition) is 1. The maximum Gasteiger partial charge on any atom is 0.235 e. The van der Waals surface area contributed by atoms with Crippen molar-refractivity contribution in [2.45, 2.75) is 38.0 Å². The molecular weight excluding hydrogens is 407 g/mol. The van der Waals surface area contributed by atoms with Crippen LogP contribution >= 0.6 is 0 Å². The molecule has 32 heavy (non-hydrogen) atoms. The average molecular weight is 441 g/mol. The summed E-state index contributed by atoms with van der Waals surface area (Å²) in [5.41, 5.74) is 0.832. The number of nitrogens with zero attached hydrogens (tertiary/aromatic N) is 1. The molecule has 2 saturated heterocycles. The Morgan fingerprint density at radius 2 is 1.88 bits per heavy atom. The fraction of sp³-hybridized carbons (Fsp3) is 0.500. The van der Waals surface area contributed by atoms with E-state index in [0.717, 1.165) is 42.6 Å². The molecule has 0 unspecified atom stereocenters. The summed E-state index contributed by atoms with van der Waals surface area (Å²) < 4.78 is 24.8. The summed E-state index contributed by atoms with van der Waals surface area (Å²) >= 11 is 0. The number of likely N-dealkylation sites (tertiary alicyclic amines) is 1. The van der Waals surface area contributed by atoms with Crippen molar-refractivity contribution in [1.82, 2.24) is 4.90 Å². The minimum Gasteiger partial charge on any atom is -0.492 e. The predicted octanol–water partition coefficient (Wildman–Crippen LogP) is 4.62. The van der Waals surface area contributed by atoms with Crippen LogP contribution in [-0.4, -0.2) is 50.3 Å². The molecule has 2 aromatic carbocycles. The highest BCUT2D eigenvalue weighted by Gasteiger charge is 2.41. The number of nitrogens with one attached hydrogen (secondary N) is 1. The van der Waals surface area contributed by atoms with Crippen LogP contribution in [-0.2, 0) is 14.9 Å². The van der Waals surface area contributed by atoms with E-state index in [-0.39, 0.29) is 11.7 Å². The number of amides is 1. The van der Waals surface area contributed by atoms with Gasteiger partial charge in [-0.1, -0.05) is 19.1 Å². The summed E-state index contributed by atoms with van der Waals surface area (Å²) in [6.45, 7) is 7.22. The van der Waals surface area contributed by atoms with Gasteiger partial charge in [0, 0.05) is 32.0 Å². The molecule has 2 aliphatic heterocycles. The minimum atomic E-state index is -0.716. The Labute approximate surface area is 189 Å². The second-order valence-electron chi connectivity index (χ2n) is 9.08. The van der Waals surface area contributed by atoms with Crippen molar-refractivity contribution in [1.29, 1.82) is 0 Å². The molecule has 6 heteroatoms. The number of piperidine rings is 1. The van der Waals surface area contributed by atoms with E-state index < -0.39 is 5.41 Å². The van der Waals surface area contributed by atoms with E-state index >= 15 is 0 Å². The van der Waals surface area contributed by atoms with Gasteiger partial charge < -0.3 is 14.8 Å². The van der Waals surface area contributed by atoms with Crippen molar-refractivity contribution in [3.8, 4) is 5.75 Å². The number of halogens is 1. The van der Waals surface area contributed by atoms with Crippen LogP contribution in [0.3, 0.4) is 0 Å². The third kappa shape index (κ3) is 5.48. The SMILES string of the molecule is C[C@H]1CCCN(CCOc2ccc(NC(=O)C3(c4ccc(F)cc4)CCOCC3)cc2)C1. The molecule has 1 atom stereocenters. The Balaban J connectivity index is 1.35. The lowest BCUT2D eigenvalue weighted by Gasteiger charge is -2.36. The van der Waals surface area contributed by atoms with Gasteiger partial charge in [-0.05, 0) is 80.1 Å². The zero-order valence-electron chi connectivity index (χ0n) is 18.8. The molecule has 2 heterocycles. The van der Waals surface area contributed by atoms with Gasteiger partial charge in [0.1, 0.15) is 18.2 Å².